The lowest BCUT2D eigenvalue weighted by Gasteiger charge is -2.55. The normalized spacial score (nSPS) is 47.9. The van der Waals surface area contributed by atoms with Crippen molar-refractivity contribution in [1.82, 2.24) is 0 Å². The van der Waals surface area contributed by atoms with Crippen LogP contribution in [0.2, 0.25) is 0 Å². The molecule has 0 unspecified atom stereocenters. The topological polar surface area (TPSA) is 180 Å². The molecule has 0 aromatic rings. The SMILES string of the molecule is CC(=O)O[C@H]1[C@@H](O)[C@@H](CO)O[C@@H](O[C@@H](C=NC23CC4CC(CC(C4)C2)C3)[C@@H](CO)O[C@H](O)C=NC23CC4CC(CC(C4)C2)C3)[C@@H]1O. The van der Waals surface area contributed by atoms with Crippen LogP contribution in [0.3, 0.4) is 0 Å². The Morgan fingerprint density at radius 1 is 0.826 bits per heavy atom. The Kier molecular flexibility index (Phi) is 9.38. The summed E-state index contributed by atoms with van der Waals surface area (Å²) in [5.41, 5.74) is -0.388. The second-order valence-electron chi connectivity index (χ2n) is 16.0. The highest BCUT2D eigenvalue weighted by atomic mass is 16.7. The highest BCUT2D eigenvalue weighted by molar-refractivity contribution is 5.66. The van der Waals surface area contributed by atoms with E-state index in [9.17, 15) is 30.3 Å². The van der Waals surface area contributed by atoms with Crippen LogP contribution < -0.4 is 0 Å². The molecule has 1 aliphatic heterocycles. The van der Waals surface area contributed by atoms with Gasteiger partial charge in [0.2, 0.25) is 0 Å². The summed E-state index contributed by atoms with van der Waals surface area (Å²) >= 11 is 0. The van der Waals surface area contributed by atoms with Gasteiger partial charge in [-0.15, -0.1) is 0 Å². The number of carbonyl (C=O) groups excluding carboxylic acids is 1. The lowest BCUT2D eigenvalue weighted by molar-refractivity contribution is -0.315. The third kappa shape index (κ3) is 6.70. The van der Waals surface area contributed by atoms with Crippen molar-refractivity contribution in [1.29, 1.82) is 0 Å². The minimum Gasteiger partial charge on any atom is -0.457 e. The lowest BCUT2D eigenvalue weighted by atomic mass is 9.53. The van der Waals surface area contributed by atoms with E-state index < -0.39 is 68.4 Å². The van der Waals surface area contributed by atoms with Crippen LogP contribution >= 0.6 is 0 Å². The van der Waals surface area contributed by atoms with E-state index in [-0.39, 0.29) is 11.1 Å². The van der Waals surface area contributed by atoms with Gasteiger partial charge in [-0.2, -0.15) is 0 Å². The molecule has 0 radical (unpaired) electrons. The molecule has 9 fully saturated rings. The van der Waals surface area contributed by atoms with Gasteiger partial charge in [-0.3, -0.25) is 14.8 Å². The van der Waals surface area contributed by atoms with Crippen molar-refractivity contribution in [3.05, 3.63) is 0 Å². The van der Waals surface area contributed by atoms with Crippen molar-refractivity contribution in [2.45, 2.75) is 144 Å². The fourth-order valence-electron chi connectivity index (χ4n) is 11.2. The third-order valence-electron chi connectivity index (χ3n) is 12.3. The van der Waals surface area contributed by atoms with Gasteiger partial charge in [0.05, 0.1) is 30.5 Å². The highest BCUT2D eigenvalue weighted by Crippen LogP contribution is 2.58. The summed E-state index contributed by atoms with van der Waals surface area (Å²) in [6.07, 6.45) is 5.91. The Bertz CT molecular complexity index is 1090. The van der Waals surface area contributed by atoms with Gasteiger partial charge < -0.3 is 44.5 Å². The van der Waals surface area contributed by atoms with E-state index in [1.165, 1.54) is 44.7 Å². The van der Waals surface area contributed by atoms with E-state index in [0.717, 1.165) is 45.4 Å². The van der Waals surface area contributed by atoms with Gasteiger partial charge in [0.1, 0.15) is 30.5 Å². The highest BCUT2D eigenvalue weighted by Gasteiger charge is 2.53. The van der Waals surface area contributed by atoms with Gasteiger partial charge in [-0.25, -0.2) is 0 Å². The summed E-state index contributed by atoms with van der Waals surface area (Å²) in [6.45, 7) is 0.000680. The van der Waals surface area contributed by atoms with E-state index in [2.05, 4.69) is 0 Å². The molecule has 0 aromatic heterocycles. The molecule has 8 atom stereocenters. The van der Waals surface area contributed by atoms with Crippen LogP contribution in [0.4, 0.5) is 0 Å². The van der Waals surface area contributed by atoms with Crippen LogP contribution in [0.5, 0.6) is 0 Å². The second-order valence-corrected chi connectivity index (χ2v) is 16.0. The van der Waals surface area contributed by atoms with Crippen LogP contribution in [-0.2, 0) is 23.7 Å². The molecule has 8 bridgehead atoms. The monoisotopic (exact) mass is 648 g/mol. The van der Waals surface area contributed by atoms with Crippen molar-refractivity contribution in [2.75, 3.05) is 13.2 Å². The number of aliphatic hydroxyl groups is 5. The van der Waals surface area contributed by atoms with E-state index in [4.69, 9.17) is 28.9 Å². The summed E-state index contributed by atoms with van der Waals surface area (Å²) in [7, 11) is 0. The molecule has 12 nitrogen and oxygen atoms in total. The summed E-state index contributed by atoms with van der Waals surface area (Å²) in [5.74, 6) is 3.32. The molecule has 5 N–H and O–H groups in total. The largest absolute Gasteiger partial charge is 0.457 e. The van der Waals surface area contributed by atoms with E-state index in [1.807, 2.05) is 0 Å². The molecule has 1 heterocycles. The van der Waals surface area contributed by atoms with Crippen molar-refractivity contribution in [3.8, 4) is 0 Å². The molecule has 46 heavy (non-hydrogen) atoms. The Morgan fingerprint density at radius 3 is 1.74 bits per heavy atom. The number of hydrogen-bond donors (Lipinski definition) is 5. The molecule has 8 saturated carbocycles. The Morgan fingerprint density at radius 2 is 1.30 bits per heavy atom. The number of aliphatic imine (C=N–C) groups is 2. The lowest BCUT2D eigenvalue weighted by Crippen LogP contribution is -2.61. The average Bonchev–Trinajstić information content (AvgIpc) is 2.99. The van der Waals surface area contributed by atoms with Gasteiger partial charge in [-0.05, 0) is 113 Å². The number of nitrogens with zero attached hydrogens (tertiary/aromatic N) is 2. The Labute approximate surface area is 270 Å². The summed E-state index contributed by atoms with van der Waals surface area (Å²) in [6, 6.07) is 0. The fraction of sp³-hybridized carbons (Fsp3) is 0.912. The number of carbonyl (C=O) groups is 1. The van der Waals surface area contributed by atoms with Crippen molar-refractivity contribution in [3.63, 3.8) is 0 Å². The molecule has 1 saturated heterocycles. The molecule has 9 rings (SSSR count). The van der Waals surface area contributed by atoms with Crippen molar-refractivity contribution in [2.24, 2.45) is 45.5 Å². The number of esters is 1. The van der Waals surface area contributed by atoms with Crippen LogP contribution in [0, 0.1) is 35.5 Å². The second kappa shape index (κ2) is 13.1. The first-order valence-corrected chi connectivity index (χ1v) is 17.5. The summed E-state index contributed by atoms with van der Waals surface area (Å²) in [4.78, 5) is 21.8. The number of rotatable bonds is 12. The smallest absolute Gasteiger partial charge is 0.303 e. The van der Waals surface area contributed by atoms with Crippen LogP contribution in [0.1, 0.15) is 84.0 Å². The Balaban J connectivity index is 1.10. The zero-order valence-electron chi connectivity index (χ0n) is 26.8. The van der Waals surface area contributed by atoms with Gasteiger partial charge in [0, 0.05) is 13.1 Å². The minimum absolute atomic E-state index is 0.157. The molecule has 0 spiro atoms. The molecule has 258 valence electrons. The Hall–Kier alpha value is -1.51. The predicted octanol–water partition coefficient (Wildman–Crippen LogP) is 1.52. The predicted molar refractivity (Wildman–Crippen MR) is 165 cm³/mol. The van der Waals surface area contributed by atoms with Crippen molar-refractivity contribution < 1.29 is 49.3 Å². The first-order chi connectivity index (χ1) is 22.0. The molecule has 12 heteroatoms. The van der Waals surface area contributed by atoms with Crippen LogP contribution in [0.15, 0.2) is 9.98 Å². The van der Waals surface area contributed by atoms with E-state index in [1.54, 1.807) is 6.21 Å². The first kappa shape index (κ1) is 33.0. The average molecular weight is 649 g/mol. The van der Waals surface area contributed by atoms with Gasteiger partial charge in [0.15, 0.2) is 18.7 Å². The molecule has 8 aliphatic carbocycles. The molecule has 9 aliphatic rings. The summed E-state index contributed by atoms with van der Waals surface area (Å²) < 4.78 is 23.1. The molecular weight excluding hydrogens is 596 g/mol. The van der Waals surface area contributed by atoms with Gasteiger partial charge >= 0.3 is 5.97 Å². The maximum absolute atomic E-state index is 11.8. The molecule has 0 aromatic carbocycles. The van der Waals surface area contributed by atoms with E-state index in [0.29, 0.717) is 35.5 Å². The third-order valence-corrected chi connectivity index (χ3v) is 12.3. The first-order valence-electron chi connectivity index (χ1n) is 17.5. The van der Waals surface area contributed by atoms with E-state index >= 15 is 0 Å². The van der Waals surface area contributed by atoms with Gasteiger partial charge in [-0.1, -0.05) is 0 Å². The minimum atomic E-state index is -1.61. The zero-order chi connectivity index (χ0) is 32.2. The maximum atomic E-state index is 11.8. The summed E-state index contributed by atoms with van der Waals surface area (Å²) in [5, 5.41) is 53.1. The quantitative estimate of drug-likeness (QED) is 0.118. The van der Waals surface area contributed by atoms with Crippen LogP contribution in [0.25, 0.3) is 0 Å². The standard InChI is InChI=1S/C34H52N2O10/c1-18(39)43-31-29(41)27(17-38)46-32(30(31)42)45-25(14-35-33-8-19-2-20(9-33)4-21(3-19)10-33)26(16-37)44-28(40)15-36-34-11-22-5-23(12-34)7-24(6-22)13-34/h14-15,19-32,37-38,40-42H,2-13,16-17H2,1H3/t19?,20?,21?,22?,23?,24?,25-,26+,27+,28-,29-,30+,31-,32+,33?,34?/m0/s1. The van der Waals surface area contributed by atoms with Gasteiger partial charge in [0.25, 0.3) is 0 Å². The fourth-order valence-corrected chi connectivity index (χ4v) is 11.2. The zero-order valence-corrected chi connectivity index (χ0v) is 26.8. The molecular formula is C34H52N2O10. The molecule has 0 amide bonds. The van der Waals surface area contributed by atoms with Crippen molar-refractivity contribution >= 4 is 18.4 Å². The number of ether oxygens (including phenoxy) is 4. The van der Waals surface area contributed by atoms with Crippen LogP contribution in [-0.4, -0.2) is 117 Å². The maximum Gasteiger partial charge on any atom is 0.303 e. The number of aliphatic hydroxyl groups excluding tert-OH is 5. The number of hydrogen-bond acceptors (Lipinski definition) is 12.